The van der Waals surface area contributed by atoms with E-state index in [-0.39, 0.29) is 34.9 Å². The molecule has 1 aliphatic rings. The van der Waals surface area contributed by atoms with Crippen molar-refractivity contribution in [2.24, 2.45) is 0 Å². The summed E-state index contributed by atoms with van der Waals surface area (Å²) in [4.78, 5) is 17.8. The summed E-state index contributed by atoms with van der Waals surface area (Å²) in [6, 6.07) is 16.2. The van der Waals surface area contributed by atoms with E-state index in [0.29, 0.717) is 41.7 Å². The number of amides is 1. The van der Waals surface area contributed by atoms with Gasteiger partial charge in [0.1, 0.15) is 6.61 Å². The number of nitrogens with zero attached hydrogens (tertiary/aromatic N) is 3. The van der Waals surface area contributed by atoms with E-state index in [4.69, 9.17) is 4.74 Å². The fraction of sp³-hybridized carbons (Fsp3) is 0.250. The number of alkyl halides is 3. The molecule has 196 valence electrons. The number of halogens is 4. The van der Waals surface area contributed by atoms with Gasteiger partial charge in [-0.2, -0.15) is 22.7 Å². The summed E-state index contributed by atoms with van der Waals surface area (Å²) in [5.41, 5.74) is 1.87. The summed E-state index contributed by atoms with van der Waals surface area (Å²) in [6.45, 7) is 1.39. The minimum atomic E-state index is -4.50. The average Bonchev–Trinajstić information content (AvgIpc) is 3.49. The molecular weight excluding hydrogens is 500 g/mol. The summed E-state index contributed by atoms with van der Waals surface area (Å²) < 4.78 is 61.5. The molecule has 1 saturated heterocycles. The quantitative estimate of drug-likeness (QED) is 0.226. The van der Waals surface area contributed by atoms with Crippen LogP contribution >= 0.6 is 0 Å². The van der Waals surface area contributed by atoms with E-state index in [1.807, 2.05) is 0 Å². The van der Waals surface area contributed by atoms with Crippen LogP contribution in [0.15, 0.2) is 66.9 Å². The fourth-order valence-electron chi connectivity index (χ4n) is 4.64. The average molecular weight is 525 g/mol. The van der Waals surface area contributed by atoms with Crippen LogP contribution in [0.3, 0.4) is 0 Å². The highest BCUT2D eigenvalue weighted by Crippen LogP contribution is 2.40. The van der Waals surface area contributed by atoms with Crippen molar-refractivity contribution in [3.05, 3.63) is 89.5 Å². The highest BCUT2D eigenvalue weighted by molar-refractivity contribution is 6.00. The molecule has 1 N–H and O–H groups in total. The predicted octanol–water partition coefficient (Wildman–Crippen LogP) is 6.01. The van der Waals surface area contributed by atoms with E-state index in [1.165, 1.54) is 12.3 Å². The van der Waals surface area contributed by atoms with Gasteiger partial charge in [-0.05, 0) is 46.9 Å². The monoisotopic (exact) mass is 524 g/mol. The zero-order valence-corrected chi connectivity index (χ0v) is 20.3. The van der Waals surface area contributed by atoms with E-state index in [0.717, 1.165) is 6.42 Å². The number of nitrogens with one attached hydrogen (secondary N) is 1. The van der Waals surface area contributed by atoms with E-state index >= 15 is 0 Å². The molecule has 0 atom stereocenters. The molecule has 4 aromatic rings. The van der Waals surface area contributed by atoms with Gasteiger partial charge >= 0.3 is 6.18 Å². The molecule has 1 amide bonds. The first kappa shape index (κ1) is 25.4. The molecule has 10 heteroatoms. The molecule has 38 heavy (non-hydrogen) atoms. The van der Waals surface area contributed by atoms with Crippen molar-refractivity contribution >= 4 is 28.0 Å². The van der Waals surface area contributed by atoms with Gasteiger partial charge in [0.2, 0.25) is 17.7 Å². The number of hydrogen-bond acceptors (Lipinski definition) is 4. The minimum Gasteiger partial charge on any atom is -0.476 e. The van der Waals surface area contributed by atoms with Gasteiger partial charge in [0.05, 0.1) is 23.9 Å². The maximum Gasteiger partial charge on any atom is 0.393 e. The summed E-state index contributed by atoms with van der Waals surface area (Å²) in [5.74, 6) is -0.291. The molecule has 2 aromatic carbocycles. The summed E-state index contributed by atoms with van der Waals surface area (Å²) in [6.07, 6.45) is -2.87. The van der Waals surface area contributed by atoms with E-state index < -0.39 is 18.5 Å². The first-order chi connectivity index (χ1) is 18.3. The van der Waals surface area contributed by atoms with Gasteiger partial charge in [0, 0.05) is 30.8 Å². The molecule has 1 aliphatic heterocycles. The van der Waals surface area contributed by atoms with Crippen LogP contribution in [0.5, 0.6) is 5.88 Å². The van der Waals surface area contributed by atoms with Gasteiger partial charge in [-0.15, -0.1) is 0 Å². The molecular formula is C28H24F4N4O2. The molecule has 2 aromatic heterocycles. The number of rotatable bonds is 8. The summed E-state index contributed by atoms with van der Waals surface area (Å²) in [7, 11) is 0. The molecule has 0 radical (unpaired) electrons. The zero-order valence-electron chi connectivity index (χ0n) is 20.3. The maximum absolute atomic E-state index is 14.3. The molecule has 3 heterocycles. The Kier molecular flexibility index (Phi) is 7.13. The Morgan fingerprint density at radius 1 is 1.03 bits per heavy atom. The Balaban J connectivity index is 1.55. The molecule has 0 aliphatic carbocycles. The summed E-state index contributed by atoms with van der Waals surface area (Å²) in [5, 5.41) is 6.31. The highest BCUT2D eigenvalue weighted by atomic mass is 19.4. The van der Waals surface area contributed by atoms with Crippen molar-refractivity contribution in [3.8, 4) is 5.88 Å². The standard InChI is InChI=1S/C28H24F4N4O2/c29-27-21-15-19(8-10-23(21)34-35-27)26(22(16-28(30,31)32)18-5-2-1-3-6-18)20-9-11-24(33-17-20)38-14-13-36-12-4-7-25(36)37/h1-3,5-6,8-11,15,17H,4,7,12-14,16H2,(H,34,35)/b26-22-. The molecule has 0 bridgehead atoms. The van der Waals surface area contributed by atoms with E-state index in [1.54, 1.807) is 59.5 Å². The number of aromatic amines is 1. The number of benzene rings is 2. The Morgan fingerprint density at radius 3 is 2.50 bits per heavy atom. The number of ether oxygens (including phenoxy) is 1. The minimum absolute atomic E-state index is 0.0318. The largest absolute Gasteiger partial charge is 0.476 e. The lowest BCUT2D eigenvalue weighted by atomic mass is 9.88. The van der Waals surface area contributed by atoms with Crippen LogP contribution in [-0.4, -0.2) is 51.9 Å². The Bertz CT molecular complexity index is 1460. The summed E-state index contributed by atoms with van der Waals surface area (Å²) >= 11 is 0. The molecule has 6 nitrogen and oxygen atoms in total. The second kappa shape index (κ2) is 10.6. The van der Waals surface area contributed by atoms with E-state index in [9.17, 15) is 22.4 Å². The van der Waals surface area contributed by atoms with Crippen LogP contribution < -0.4 is 4.74 Å². The smallest absolute Gasteiger partial charge is 0.393 e. The Morgan fingerprint density at radius 2 is 1.82 bits per heavy atom. The topological polar surface area (TPSA) is 71.1 Å². The normalized spacial score (nSPS) is 14.7. The lowest BCUT2D eigenvalue weighted by molar-refractivity contribution is -0.128. The molecule has 0 spiro atoms. The van der Waals surface area contributed by atoms with Gasteiger partial charge in [-0.25, -0.2) is 4.98 Å². The lowest BCUT2D eigenvalue weighted by Crippen LogP contribution is -2.29. The Hall–Kier alpha value is -4.21. The van der Waals surface area contributed by atoms with Crippen molar-refractivity contribution in [2.45, 2.75) is 25.4 Å². The number of H-pyrrole nitrogens is 1. The van der Waals surface area contributed by atoms with Crippen molar-refractivity contribution in [1.82, 2.24) is 20.1 Å². The third-order valence-corrected chi connectivity index (χ3v) is 6.41. The van der Waals surface area contributed by atoms with Gasteiger partial charge in [-0.1, -0.05) is 36.4 Å². The third kappa shape index (κ3) is 5.69. The lowest BCUT2D eigenvalue weighted by Gasteiger charge is -2.19. The van der Waals surface area contributed by atoms with Crippen LogP contribution in [0.4, 0.5) is 17.6 Å². The third-order valence-electron chi connectivity index (χ3n) is 6.41. The number of allylic oxidation sites excluding steroid dienone is 1. The fourth-order valence-corrected chi connectivity index (χ4v) is 4.64. The van der Waals surface area contributed by atoms with Crippen molar-refractivity contribution < 1.29 is 27.1 Å². The number of carbonyl (C=O) groups excluding carboxylic acids is 1. The Labute approximate surface area is 215 Å². The van der Waals surface area contributed by atoms with Crippen LogP contribution in [-0.2, 0) is 4.79 Å². The van der Waals surface area contributed by atoms with E-state index in [2.05, 4.69) is 15.2 Å². The number of hydrogen-bond donors (Lipinski definition) is 1. The van der Waals surface area contributed by atoms with Gasteiger partial charge in [0.25, 0.3) is 0 Å². The van der Waals surface area contributed by atoms with Crippen molar-refractivity contribution in [1.29, 1.82) is 0 Å². The SMILES string of the molecule is O=C1CCCN1CCOc1ccc(/C(=C(/CC(F)(F)F)c2ccccc2)c2ccc3n[nH]c(F)c3c2)cn1. The number of likely N-dealkylation sites (tertiary alicyclic amines) is 1. The van der Waals surface area contributed by atoms with Gasteiger partial charge < -0.3 is 9.64 Å². The van der Waals surface area contributed by atoms with Gasteiger partial charge in [0.15, 0.2) is 0 Å². The first-order valence-corrected chi connectivity index (χ1v) is 12.1. The first-order valence-electron chi connectivity index (χ1n) is 12.1. The maximum atomic E-state index is 14.3. The predicted molar refractivity (Wildman–Crippen MR) is 135 cm³/mol. The number of aromatic nitrogens is 3. The number of fused-ring (bicyclic) bond motifs is 1. The van der Waals surface area contributed by atoms with Crippen LogP contribution in [0.1, 0.15) is 36.0 Å². The molecule has 0 saturated carbocycles. The van der Waals surface area contributed by atoms with Crippen LogP contribution in [0.2, 0.25) is 0 Å². The molecule has 1 fully saturated rings. The number of carbonyl (C=O) groups is 1. The highest BCUT2D eigenvalue weighted by Gasteiger charge is 2.32. The van der Waals surface area contributed by atoms with Crippen LogP contribution in [0.25, 0.3) is 22.0 Å². The van der Waals surface area contributed by atoms with Crippen molar-refractivity contribution in [2.75, 3.05) is 19.7 Å². The van der Waals surface area contributed by atoms with Crippen molar-refractivity contribution in [3.63, 3.8) is 0 Å². The zero-order chi connectivity index (χ0) is 26.7. The second-order valence-corrected chi connectivity index (χ2v) is 9.00. The second-order valence-electron chi connectivity index (χ2n) is 9.00. The van der Waals surface area contributed by atoms with Gasteiger partial charge in [-0.3, -0.25) is 9.89 Å². The molecule has 5 rings (SSSR count). The number of pyridine rings is 1. The van der Waals surface area contributed by atoms with Crippen LogP contribution in [0, 0.1) is 5.95 Å². The molecule has 0 unspecified atom stereocenters.